The summed E-state index contributed by atoms with van der Waals surface area (Å²) in [5.41, 5.74) is 8.68. The third-order valence-corrected chi connectivity index (χ3v) is 1.93. The molecule has 0 bridgehead atoms. The number of carboxylic acids is 2. The fraction of sp³-hybridized carbons (Fsp3) is 0.333. The van der Waals surface area contributed by atoms with Crippen LogP contribution in [0.3, 0.4) is 0 Å². The molecule has 6 nitrogen and oxygen atoms in total. The summed E-state index contributed by atoms with van der Waals surface area (Å²) >= 11 is 0. The number of anilines is 1. The van der Waals surface area contributed by atoms with Crippen molar-refractivity contribution in [1.82, 2.24) is 5.43 Å². The number of hydrogen-bond acceptors (Lipinski definition) is 4. The highest BCUT2D eigenvalue weighted by Crippen LogP contribution is 2.09. The average Bonchev–Trinajstić information content (AvgIpc) is 2.37. The molecule has 4 N–H and O–H groups in total. The van der Waals surface area contributed by atoms with Gasteiger partial charge in [-0.05, 0) is 24.1 Å². The van der Waals surface area contributed by atoms with Gasteiger partial charge >= 0.3 is 11.9 Å². The van der Waals surface area contributed by atoms with Gasteiger partial charge < -0.3 is 15.6 Å². The van der Waals surface area contributed by atoms with E-state index in [-0.39, 0.29) is 0 Å². The van der Waals surface area contributed by atoms with E-state index >= 15 is 0 Å². The van der Waals surface area contributed by atoms with Gasteiger partial charge in [-0.3, -0.25) is 0 Å². The molecule has 18 heavy (non-hydrogen) atoms. The highest BCUT2D eigenvalue weighted by molar-refractivity contribution is 6.27. The molecule has 0 amide bonds. The van der Waals surface area contributed by atoms with E-state index in [0.717, 1.165) is 18.7 Å². The molecule has 100 valence electrons. The average molecular weight is 254 g/mol. The SMILES string of the molecule is CCNNc1cccc(CC)c1.O=C(O)C(=O)O. The topological polar surface area (TPSA) is 98.7 Å². The number of benzene rings is 1. The Hall–Kier alpha value is -2.08. The molecule has 0 fully saturated rings. The first-order valence-corrected chi connectivity index (χ1v) is 5.55. The van der Waals surface area contributed by atoms with E-state index < -0.39 is 11.9 Å². The van der Waals surface area contributed by atoms with Crippen LogP contribution < -0.4 is 10.9 Å². The highest BCUT2D eigenvalue weighted by Gasteiger charge is 2.04. The van der Waals surface area contributed by atoms with E-state index in [1.807, 2.05) is 0 Å². The van der Waals surface area contributed by atoms with Crippen molar-refractivity contribution in [2.75, 3.05) is 12.0 Å². The van der Waals surface area contributed by atoms with Gasteiger partial charge in [0.05, 0.1) is 0 Å². The number of hydrogen-bond donors (Lipinski definition) is 4. The van der Waals surface area contributed by atoms with Gasteiger partial charge in [0.1, 0.15) is 0 Å². The molecule has 0 aromatic heterocycles. The highest BCUT2D eigenvalue weighted by atomic mass is 16.4. The van der Waals surface area contributed by atoms with Crippen LogP contribution in [0.2, 0.25) is 0 Å². The Labute approximate surface area is 106 Å². The van der Waals surface area contributed by atoms with E-state index in [9.17, 15) is 0 Å². The summed E-state index contributed by atoms with van der Waals surface area (Å²) in [5, 5.41) is 14.8. The first kappa shape index (κ1) is 15.9. The van der Waals surface area contributed by atoms with E-state index in [1.54, 1.807) is 0 Å². The maximum atomic E-state index is 9.10. The fourth-order valence-corrected chi connectivity index (χ4v) is 1.06. The maximum Gasteiger partial charge on any atom is 0.414 e. The van der Waals surface area contributed by atoms with E-state index in [1.165, 1.54) is 5.56 Å². The summed E-state index contributed by atoms with van der Waals surface area (Å²) in [5.74, 6) is -3.65. The molecule has 0 aliphatic rings. The molecular formula is C12H18N2O4. The minimum absolute atomic E-state index is 0.927. The van der Waals surface area contributed by atoms with Gasteiger partial charge in [0.25, 0.3) is 0 Å². The number of nitrogens with one attached hydrogen (secondary N) is 2. The molecule has 1 rings (SSSR count). The van der Waals surface area contributed by atoms with Crippen LogP contribution in [-0.2, 0) is 16.0 Å². The van der Waals surface area contributed by atoms with Gasteiger partial charge in [-0.15, -0.1) is 0 Å². The normalized spacial score (nSPS) is 9.00. The molecular weight excluding hydrogens is 236 g/mol. The number of rotatable bonds is 4. The lowest BCUT2D eigenvalue weighted by atomic mass is 10.1. The van der Waals surface area contributed by atoms with Gasteiger partial charge in [0, 0.05) is 12.2 Å². The summed E-state index contributed by atoms with van der Waals surface area (Å²) in [4.78, 5) is 18.2. The summed E-state index contributed by atoms with van der Waals surface area (Å²) < 4.78 is 0. The molecule has 1 aromatic carbocycles. The Morgan fingerprint density at radius 3 is 2.22 bits per heavy atom. The van der Waals surface area contributed by atoms with Crippen LogP contribution in [0.15, 0.2) is 24.3 Å². The molecule has 0 aliphatic carbocycles. The van der Waals surface area contributed by atoms with Crippen molar-refractivity contribution < 1.29 is 19.8 Å². The molecule has 0 aliphatic heterocycles. The Balaban J connectivity index is 0.000000411. The lowest BCUT2D eigenvalue weighted by molar-refractivity contribution is -0.159. The zero-order valence-electron chi connectivity index (χ0n) is 10.4. The summed E-state index contributed by atoms with van der Waals surface area (Å²) in [6.07, 6.45) is 1.08. The van der Waals surface area contributed by atoms with Crippen LogP contribution in [0.1, 0.15) is 19.4 Å². The predicted molar refractivity (Wildman–Crippen MR) is 68.4 cm³/mol. The van der Waals surface area contributed by atoms with Crippen molar-refractivity contribution in [2.45, 2.75) is 20.3 Å². The number of hydrazine groups is 1. The second-order valence-corrected chi connectivity index (χ2v) is 3.32. The second-order valence-electron chi connectivity index (χ2n) is 3.32. The van der Waals surface area contributed by atoms with Crippen LogP contribution in [0, 0.1) is 0 Å². The van der Waals surface area contributed by atoms with Crippen molar-refractivity contribution in [3.8, 4) is 0 Å². The fourth-order valence-electron chi connectivity index (χ4n) is 1.06. The molecule has 0 atom stereocenters. The maximum absolute atomic E-state index is 9.10. The van der Waals surface area contributed by atoms with E-state index in [0.29, 0.717) is 0 Å². The van der Waals surface area contributed by atoms with Crippen LogP contribution >= 0.6 is 0 Å². The Morgan fingerprint density at radius 2 is 1.78 bits per heavy atom. The summed E-state index contributed by atoms with van der Waals surface area (Å²) in [7, 11) is 0. The molecule has 0 heterocycles. The van der Waals surface area contributed by atoms with Crippen molar-refractivity contribution in [3.05, 3.63) is 29.8 Å². The Kier molecular flexibility index (Phi) is 7.96. The first-order valence-electron chi connectivity index (χ1n) is 5.55. The standard InChI is InChI=1S/C10H16N2.C2H2O4/c1-3-9-6-5-7-10(8-9)12-11-4-2;3-1(4)2(5)6/h5-8,11-12H,3-4H2,1-2H3;(H,3,4)(H,5,6). The van der Waals surface area contributed by atoms with Gasteiger partial charge in [-0.1, -0.05) is 26.0 Å². The van der Waals surface area contributed by atoms with E-state index in [4.69, 9.17) is 19.8 Å². The van der Waals surface area contributed by atoms with Gasteiger partial charge in [0.15, 0.2) is 0 Å². The van der Waals surface area contributed by atoms with Crippen LogP contribution in [0.25, 0.3) is 0 Å². The van der Waals surface area contributed by atoms with Crippen molar-refractivity contribution in [1.29, 1.82) is 0 Å². The molecule has 0 saturated heterocycles. The van der Waals surface area contributed by atoms with E-state index in [2.05, 4.69) is 49.0 Å². The van der Waals surface area contributed by atoms with Crippen LogP contribution in [-0.4, -0.2) is 28.7 Å². The smallest absolute Gasteiger partial charge is 0.414 e. The minimum atomic E-state index is -1.82. The number of aliphatic carboxylic acids is 2. The van der Waals surface area contributed by atoms with Crippen molar-refractivity contribution in [2.24, 2.45) is 0 Å². The summed E-state index contributed by atoms with van der Waals surface area (Å²) in [6.45, 7) is 5.15. The lowest BCUT2D eigenvalue weighted by Crippen LogP contribution is -2.20. The lowest BCUT2D eigenvalue weighted by Gasteiger charge is -2.06. The van der Waals surface area contributed by atoms with Gasteiger partial charge in [-0.2, -0.15) is 0 Å². The largest absolute Gasteiger partial charge is 0.473 e. The molecule has 0 radical (unpaired) electrons. The molecule has 6 heteroatoms. The third-order valence-electron chi connectivity index (χ3n) is 1.93. The molecule has 0 saturated carbocycles. The predicted octanol–water partition coefficient (Wildman–Crippen LogP) is 1.34. The zero-order valence-corrected chi connectivity index (χ0v) is 10.4. The number of aryl methyl sites for hydroxylation is 1. The monoisotopic (exact) mass is 254 g/mol. The molecule has 0 unspecified atom stereocenters. The molecule has 0 spiro atoms. The Bertz CT molecular complexity index is 381. The van der Waals surface area contributed by atoms with Crippen molar-refractivity contribution in [3.63, 3.8) is 0 Å². The quantitative estimate of drug-likeness (QED) is 0.478. The number of carboxylic acid groups (broad SMARTS) is 2. The third kappa shape index (κ3) is 7.24. The molecule has 1 aromatic rings. The van der Waals surface area contributed by atoms with Crippen LogP contribution in [0.5, 0.6) is 0 Å². The van der Waals surface area contributed by atoms with Gasteiger partial charge in [0.2, 0.25) is 0 Å². The van der Waals surface area contributed by atoms with Crippen molar-refractivity contribution >= 4 is 17.6 Å². The minimum Gasteiger partial charge on any atom is -0.473 e. The first-order chi connectivity index (χ1) is 8.51. The van der Waals surface area contributed by atoms with Crippen LogP contribution in [0.4, 0.5) is 5.69 Å². The van der Waals surface area contributed by atoms with Gasteiger partial charge in [-0.25, -0.2) is 15.0 Å². The zero-order chi connectivity index (χ0) is 14.0. The number of carbonyl (C=O) groups is 2. The summed E-state index contributed by atoms with van der Waals surface area (Å²) in [6, 6.07) is 8.42. The second kappa shape index (κ2) is 9.00. The Morgan fingerprint density at radius 1 is 1.17 bits per heavy atom.